The lowest BCUT2D eigenvalue weighted by molar-refractivity contribution is 0.0398. The number of aryl methyl sites for hydroxylation is 2. The van der Waals surface area contributed by atoms with Crippen molar-refractivity contribution in [3.63, 3.8) is 0 Å². The number of anilines is 1. The molecule has 22 heavy (non-hydrogen) atoms. The van der Waals surface area contributed by atoms with Crippen molar-refractivity contribution >= 4 is 27.4 Å². The van der Waals surface area contributed by atoms with E-state index in [-0.39, 0.29) is 0 Å². The normalized spacial score (nSPS) is 19.3. The maximum absolute atomic E-state index is 5.39. The topological polar surface area (TPSA) is 50.3 Å². The van der Waals surface area contributed by atoms with Gasteiger partial charge in [-0.3, -0.25) is 4.90 Å². The fraction of sp³-hybridized carbons (Fsp3) is 0.625. The van der Waals surface area contributed by atoms with E-state index < -0.39 is 0 Å². The van der Waals surface area contributed by atoms with E-state index in [1.807, 2.05) is 11.3 Å². The minimum Gasteiger partial charge on any atom is -0.379 e. The van der Waals surface area contributed by atoms with Gasteiger partial charge in [-0.15, -0.1) is 11.3 Å². The number of hydrogen-bond donors (Lipinski definition) is 1. The Balaban J connectivity index is 1.50. The molecular formula is C16H22N4OS. The van der Waals surface area contributed by atoms with Gasteiger partial charge in [-0.1, -0.05) is 0 Å². The Morgan fingerprint density at radius 1 is 1.18 bits per heavy atom. The van der Waals surface area contributed by atoms with Gasteiger partial charge in [-0.2, -0.15) is 0 Å². The molecule has 0 radical (unpaired) electrons. The number of rotatable bonds is 4. The SMILES string of the molecule is c1nc(NCCN2CCOCC2)c2c3c(sc2n1)CCCC3. The lowest BCUT2D eigenvalue weighted by Crippen LogP contribution is -2.39. The Kier molecular flexibility index (Phi) is 4.23. The van der Waals surface area contributed by atoms with Crippen LogP contribution in [0.5, 0.6) is 0 Å². The zero-order valence-electron chi connectivity index (χ0n) is 12.8. The monoisotopic (exact) mass is 318 g/mol. The molecular weight excluding hydrogens is 296 g/mol. The highest BCUT2D eigenvalue weighted by Gasteiger charge is 2.19. The molecule has 5 nitrogen and oxygen atoms in total. The van der Waals surface area contributed by atoms with Crippen molar-refractivity contribution in [2.24, 2.45) is 0 Å². The quantitative estimate of drug-likeness (QED) is 0.937. The Hall–Kier alpha value is -1.24. The number of fused-ring (bicyclic) bond motifs is 3. The lowest BCUT2D eigenvalue weighted by atomic mass is 9.97. The van der Waals surface area contributed by atoms with Gasteiger partial charge in [-0.25, -0.2) is 9.97 Å². The highest BCUT2D eigenvalue weighted by molar-refractivity contribution is 7.19. The average molecular weight is 318 g/mol. The summed E-state index contributed by atoms with van der Waals surface area (Å²) in [5, 5.41) is 4.83. The summed E-state index contributed by atoms with van der Waals surface area (Å²) >= 11 is 1.86. The summed E-state index contributed by atoms with van der Waals surface area (Å²) in [5.74, 6) is 1.03. The van der Waals surface area contributed by atoms with Gasteiger partial charge in [0.25, 0.3) is 0 Å². The molecule has 118 valence electrons. The number of hydrogen-bond acceptors (Lipinski definition) is 6. The number of aromatic nitrogens is 2. The molecule has 4 rings (SSSR count). The van der Waals surface area contributed by atoms with Crippen LogP contribution in [0.4, 0.5) is 5.82 Å². The van der Waals surface area contributed by atoms with Crippen LogP contribution in [0.3, 0.4) is 0 Å². The summed E-state index contributed by atoms with van der Waals surface area (Å²) in [7, 11) is 0. The molecule has 2 aromatic heterocycles. The second-order valence-corrected chi connectivity index (χ2v) is 7.08. The first-order valence-electron chi connectivity index (χ1n) is 8.21. The van der Waals surface area contributed by atoms with Crippen LogP contribution in [-0.4, -0.2) is 54.3 Å². The van der Waals surface area contributed by atoms with Crippen molar-refractivity contribution in [3.05, 3.63) is 16.8 Å². The van der Waals surface area contributed by atoms with Crippen LogP contribution in [0.1, 0.15) is 23.3 Å². The van der Waals surface area contributed by atoms with Crippen LogP contribution in [0, 0.1) is 0 Å². The minimum absolute atomic E-state index is 0.857. The zero-order chi connectivity index (χ0) is 14.8. The third-order valence-corrected chi connectivity index (χ3v) is 5.78. The molecule has 1 N–H and O–H groups in total. The molecule has 1 saturated heterocycles. The number of thiophene rings is 1. The summed E-state index contributed by atoms with van der Waals surface area (Å²) in [4.78, 5) is 14.1. The smallest absolute Gasteiger partial charge is 0.138 e. The second-order valence-electron chi connectivity index (χ2n) is 5.99. The van der Waals surface area contributed by atoms with Crippen LogP contribution < -0.4 is 5.32 Å². The van der Waals surface area contributed by atoms with E-state index in [0.29, 0.717) is 0 Å². The number of ether oxygens (including phenoxy) is 1. The number of morpholine rings is 1. The van der Waals surface area contributed by atoms with Gasteiger partial charge >= 0.3 is 0 Å². The van der Waals surface area contributed by atoms with Crippen molar-refractivity contribution in [1.29, 1.82) is 0 Å². The third kappa shape index (κ3) is 2.83. The Labute approximate surface area is 134 Å². The molecule has 1 fully saturated rings. The molecule has 3 heterocycles. The Bertz CT molecular complexity index is 651. The maximum atomic E-state index is 5.39. The standard InChI is InChI=1S/C16H22N4OS/c1-2-4-13-12(3-1)14-15(18-11-19-16(14)22-13)17-5-6-20-7-9-21-10-8-20/h11H,1-10H2,(H,17,18,19). The Morgan fingerprint density at radius 3 is 2.95 bits per heavy atom. The summed E-state index contributed by atoms with van der Waals surface area (Å²) < 4.78 is 5.39. The maximum Gasteiger partial charge on any atom is 0.138 e. The summed E-state index contributed by atoms with van der Waals surface area (Å²) in [6, 6.07) is 0. The van der Waals surface area contributed by atoms with Crippen molar-refractivity contribution in [3.8, 4) is 0 Å². The van der Waals surface area contributed by atoms with Crippen molar-refractivity contribution < 1.29 is 4.74 Å². The van der Waals surface area contributed by atoms with E-state index >= 15 is 0 Å². The van der Waals surface area contributed by atoms with E-state index in [1.54, 1.807) is 6.33 Å². The first-order valence-corrected chi connectivity index (χ1v) is 9.03. The van der Waals surface area contributed by atoms with Gasteiger partial charge in [0.05, 0.1) is 18.6 Å². The van der Waals surface area contributed by atoms with Crippen LogP contribution in [0.25, 0.3) is 10.2 Å². The summed E-state index contributed by atoms with van der Waals surface area (Å²) in [6.07, 6.45) is 6.69. The molecule has 1 aliphatic heterocycles. The van der Waals surface area contributed by atoms with E-state index in [4.69, 9.17) is 4.74 Å². The van der Waals surface area contributed by atoms with Gasteiger partial charge in [0.15, 0.2) is 0 Å². The first-order chi connectivity index (χ1) is 10.9. The largest absolute Gasteiger partial charge is 0.379 e. The molecule has 0 atom stereocenters. The van der Waals surface area contributed by atoms with Crippen LogP contribution in [0.15, 0.2) is 6.33 Å². The molecule has 0 bridgehead atoms. The molecule has 0 spiro atoms. The van der Waals surface area contributed by atoms with Crippen molar-refractivity contribution in [2.75, 3.05) is 44.7 Å². The van der Waals surface area contributed by atoms with E-state index in [0.717, 1.165) is 50.0 Å². The predicted molar refractivity (Wildman–Crippen MR) is 89.8 cm³/mol. The molecule has 0 amide bonds. The number of nitrogens with one attached hydrogen (secondary N) is 1. The molecule has 0 aromatic carbocycles. The molecule has 6 heteroatoms. The fourth-order valence-electron chi connectivity index (χ4n) is 3.38. The van der Waals surface area contributed by atoms with Crippen molar-refractivity contribution in [1.82, 2.24) is 14.9 Å². The van der Waals surface area contributed by atoms with Gasteiger partial charge in [0.1, 0.15) is 17.0 Å². The van der Waals surface area contributed by atoms with Crippen LogP contribution >= 0.6 is 11.3 Å². The van der Waals surface area contributed by atoms with E-state index in [2.05, 4.69) is 20.2 Å². The Morgan fingerprint density at radius 2 is 2.05 bits per heavy atom. The second kappa shape index (κ2) is 6.48. The van der Waals surface area contributed by atoms with E-state index in [1.165, 1.54) is 41.5 Å². The molecule has 2 aromatic rings. The average Bonchev–Trinajstić information content (AvgIpc) is 2.95. The van der Waals surface area contributed by atoms with Gasteiger partial charge in [-0.05, 0) is 31.2 Å². The van der Waals surface area contributed by atoms with Crippen LogP contribution in [0.2, 0.25) is 0 Å². The first kappa shape index (κ1) is 14.4. The van der Waals surface area contributed by atoms with Gasteiger partial charge in [0, 0.05) is 31.1 Å². The molecule has 2 aliphatic rings. The fourth-order valence-corrected chi connectivity index (χ4v) is 4.61. The summed E-state index contributed by atoms with van der Waals surface area (Å²) in [6.45, 7) is 5.76. The molecule has 0 unspecified atom stereocenters. The van der Waals surface area contributed by atoms with Crippen molar-refractivity contribution in [2.45, 2.75) is 25.7 Å². The summed E-state index contributed by atoms with van der Waals surface area (Å²) in [5.41, 5.74) is 1.50. The van der Waals surface area contributed by atoms with E-state index in [9.17, 15) is 0 Å². The molecule has 0 saturated carbocycles. The third-order valence-electron chi connectivity index (χ3n) is 4.58. The zero-order valence-corrected chi connectivity index (χ0v) is 13.6. The van der Waals surface area contributed by atoms with Gasteiger partial charge in [0.2, 0.25) is 0 Å². The van der Waals surface area contributed by atoms with Gasteiger partial charge < -0.3 is 10.1 Å². The molecule has 1 aliphatic carbocycles. The highest BCUT2D eigenvalue weighted by atomic mass is 32.1. The lowest BCUT2D eigenvalue weighted by Gasteiger charge is -2.26. The number of nitrogens with zero attached hydrogens (tertiary/aromatic N) is 3. The highest BCUT2D eigenvalue weighted by Crippen LogP contribution is 2.37. The minimum atomic E-state index is 0.857. The predicted octanol–water partition coefficient (Wildman–Crippen LogP) is 2.31. The van der Waals surface area contributed by atoms with Crippen LogP contribution in [-0.2, 0) is 17.6 Å².